The number of nitrogens with one attached hydrogen (secondary N) is 2. The summed E-state index contributed by atoms with van der Waals surface area (Å²) in [5.74, 6) is 0.636. The highest BCUT2D eigenvalue weighted by molar-refractivity contribution is 14.0. The van der Waals surface area contributed by atoms with Gasteiger partial charge in [-0.3, -0.25) is 4.99 Å². The quantitative estimate of drug-likeness (QED) is 0.302. The lowest BCUT2D eigenvalue weighted by atomic mass is 10.1. The van der Waals surface area contributed by atoms with Crippen LogP contribution >= 0.6 is 35.3 Å². The third kappa shape index (κ3) is 9.63. The van der Waals surface area contributed by atoms with Crippen molar-refractivity contribution in [1.82, 2.24) is 15.6 Å². The zero-order valence-electron chi connectivity index (χ0n) is 16.4. The number of aliphatic imine (C=N–C) groups is 1. The summed E-state index contributed by atoms with van der Waals surface area (Å²) in [4.78, 5) is 10.6. The Hall–Kier alpha value is -1.60. The molecule has 0 unspecified atom stereocenters. The molecular weight excluding hydrogens is 518 g/mol. The summed E-state index contributed by atoms with van der Waals surface area (Å²) >= 11 is 1.58. The first-order valence-electron chi connectivity index (χ1n) is 8.55. The van der Waals surface area contributed by atoms with E-state index < -0.39 is 12.8 Å². The van der Waals surface area contributed by atoms with Crippen molar-refractivity contribution in [3.63, 3.8) is 0 Å². The van der Waals surface area contributed by atoms with Crippen molar-refractivity contribution >= 4 is 46.4 Å². The maximum atomic E-state index is 12.1. The minimum Gasteiger partial charge on any atom is -0.367 e. The third-order valence-corrected chi connectivity index (χ3v) is 4.66. The minimum absolute atomic E-state index is 0. The number of hydrogen-bond donors (Lipinski definition) is 2. The second-order valence-electron chi connectivity index (χ2n) is 6.22. The number of anilines is 1. The summed E-state index contributed by atoms with van der Waals surface area (Å²) in [5.41, 5.74) is 2.60. The predicted octanol–water partition coefficient (Wildman–Crippen LogP) is 3.77. The molecule has 1 aromatic carbocycles. The van der Waals surface area contributed by atoms with Gasteiger partial charge >= 0.3 is 6.18 Å². The van der Waals surface area contributed by atoms with Gasteiger partial charge in [0.2, 0.25) is 0 Å². The van der Waals surface area contributed by atoms with Gasteiger partial charge in [0, 0.05) is 33.1 Å². The molecule has 11 heteroatoms. The van der Waals surface area contributed by atoms with Crippen LogP contribution in [0.4, 0.5) is 18.3 Å². The lowest BCUT2D eigenvalue weighted by molar-refractivity contribution is -0.176. The van der Waals surface area contributed by atoms with E-state index in [-0.39, 0.29) is 30.6 Å². The molecule has 0 spiro atoms. The van der Waals surface area contributed by atoms with Crippen molar-refractivity contribution in [3.05, 3.63) is 46.5 Å². The summed E-state index contributed by atoms with van der Waals surface area (Å²) in [5, 5.41) is 9.33. The van der Waals surface area contributed by atoms with E-state index in [1.807, 2.05) is 36.5 Å². The van der Waals surface area contributed by atoms with Crippen molar-refractivity contribution in [1.29, 1.82) is 0 Å². The molecule has 29 heavy (non-hydrogen) atoms. The first kappa shape index (κ1) is 25.4. The molecule has 0 saturated carbocycles. The number of thiazole rings is 1. The van der Waals surface area contributed by atoms with Crippen molar-refractivity contribution in [2.24, 2.45) is 4.99 Å². The van der Waals surface area contributed by atoms with Crippen molar-refractivity contribution in [2.45, 2.75) is 25.9 Å². The van der Waals surface area contributed by atoms with Crippen LogP contribution in [0.2, 0.25) is 0 Å². The number of hydrogen-bond acceptors (Lipinski definition) is 5. The van der Waals surface area contributed by atoms with Crippen LogP contribution in [0.1, 0.15) is 16.8 Å². The number of benzene rings is 1. The van der Waals surface area contributed by atoms with Crippen LogP contribution < -0.4 is 15.5 Å². The Balaban J connectivity index is 0.00000420. The standard InChI is InChI=1S/C18H24F3N5OS.HI/c1-22-16(24-9-15-11-28-17(25-15)26(2)3)23-8-13-4-6-14(7-5-13)10-27-12-18(19,20)21;/h4-7,11H,8-10,12H2,1-3H3,(H2,22,23,24);1H. The molecule has 2 N–H and O–H groups in total. The molecule has 0 aliphatic heterocycles. The summed E-state index contributed by atoms with van der Waals surface area (Å²) in [7, 11) is 5.58. The molecular formula is C18H25F3IN5OS. The van der Waals surface area contributed by atoms with E-state index in [1.165, 1.54) is 0 Å². The van der Waals surface area contributed by atoms with E-state index in [0.717, 1.165) is 16.4 Å². The van der Waals surface area contributed by atoms with E-state index in [0.29, 0.717) is 24.6 Å². The Morgan fingerprint density at radius 1 is 1.14 bits per heavy atom. The molecule has 1 aromatic heterocycles. The summed E-state index contributed by atoms with van der Waals surface area (Å²) in [6, 6.07) is 7.19. The number of alkyl halides is 3. The largest absolute Gasteiger partial charge is 0.411 e. The predicted molar refractivity (Wildman–Crippen MR) is 121 cm³/mol. The summed E-state index contributed by atoms with van der Waals surface area (Å²) in [6.45, 7) is -0.227. The van der Waals surface area contributed by atoms with Crippen LogP contribution in [0.5, 0.6) is 0 Å². The normalized spacial score (nSPS) is 11.7. The van der Waals surface area contributed by atoms with Gasteiger partial charge in [-0.1, -0.05) is 24.3 Å². The van der Waals surface area contributed by atoms with Gasteiger partial charge in [0.15, 0.2) is 11.1 Å². The first-order chi connectivity index (χ1) is 13.3. The molecule has 1 heterocycles. The molecule has 0 radical (unpaired) electrons. The zero-order chi connectivity index (χ0) is 20.6. The lowest BCUT2D eigenvalue weighted by Gasteiger charge is -2.12. The monoisotopic (exact) mass is 543 g/mol. The highest BCUT2D eigenvalue weighted by Crippen LogP contribution is 2.18. The zero-order valence-corrected chi connectivity index (χ0v) is 19.6. The molecule has 0 aliphatic carbocycles. The van der Waals surface area contributed by atoms with Gasteiger partial charge in [-0.25, -0.2) is 4.98 Å². The maximum absolute atomic E-state index is 12.1. The molecule has 2 rings (SSSR count). The SMILES string of the molecule is CN=C(NCc1ccc(COCC(F)(F)F)cc1)NCc1csc(N(C)C)n1.I. The van der Waals surface area contributed by atoms with Gasteiger partial charge in [-0.05, 0) is 11.1 Å². The lowest BCUT2D eigenvalue weighted by Crippen LogP contribution is -2.36. The van der Waals surface area contributed by atoms with E-state index in [2.05, 4.69) is 25.3 Å². The molecule has 0 fully saturated rings. The molecule has 0 aliphatic rings. The molecule has 162 valence electrons. The van der Waals surface area contributed by atoms with Crippen molar-refractivity contribution < 1.29 is 17.9 Å². The van der Waals surface area contributed by atoms with E-state index in [4.69, 9.17) is 0 Å². The van der Waals surface area contributed by atoms with Gasteiger partial charge in [0.1, 0.15) is 6.61 Å². The third-order valence-electron chi connectivity index (χ3n) is 3.60. The van der Waals surface area contributed by atoms with Crippen LogP contribution in [0.25, 0.3) is 0 Å². The van der Waals surface area contributed by atoms with Crippen molar-refractivity contribution in [3.8, 4) is 0 Å². The van der Waals surface area contributed by atoms with Gasteiger partial charge < -0.3 is 20.3 Å². The van der Waals surface area contributed by atoms with Gasteiger partial charge in [-0.15, -0.1) is 35.3 Å². The van der Waals surface area contributed by atoms with Crippen LogP contribution in [-0.4, -0.2) is 44.9 Å². The topological polar surface area (TPSA) is 61.8 Å². The van der Waals surface area contributed by atoms with E-state index in [9.17, 15) is 13.2 Å². The highest BCUT2D eigenvalue weighted by Gasteiger charge is 2.27. The number of halogens is 4. The van der Waals surface area contributed by atoms with Crippen LogP contribution in [-0.2, 0) is 24.4 Å². The Morgan fingerprint density at radius 2 is 1.76 bits per heavy atom. The van der Waals surface area contributed by atoms with Crippen LogP contribution in [0.3, 0.4) is 0 Å². The Morgan fingerprint density at radius 3 is 2.31 bits per heavy atom. The Labute approximate surface area is 189 Å². The highest BCUT2D eigenvalue weighted by atomic mass is 127. The van der Waals surface area contributed by atoms with Crippen molar-refractivity contribution in [2.75, 3.05) is 32.6 Å². The molecule has 0 amide bonds. The minimum atomic E-state index is -4.31. The molecule has 0 atom stereocenters. The fourth-order valence-corrected chi connectivity index (χ4v) is 2.96. The number of rotatable bonds is 8. The van der Waals surface area contributed by atoms with Gasteiger partial charge in [0.05, 0.1) is 18.8 Å². The second kappa shape index (κ2) is 12.2. The second-order valence-corrected chi connectivity index (χ2v) is 7.06. The average molecular weight is 543 g/mol. The first-order valence-corrected chi connectivity index (χ1v) is 9.43. The Bertz CT molecular complexity index is 766. The number of ether oxygens (including phenoxy) is 1. The summed E-state index contributed by atoms with van der Waals surface area (Å²) < 4.78 is 40.9. The van der Waals surface area contributed by atoms with Crippen LogP contribution in [0, 0.1) is 0 Å². The average Bonchev–Trinajstić information content (AvgIpc) is 3.11. The molecule has 0 saturated heterocycles. The number of guanidine groups is 1. The van der Waals surface area contributed by atoms with Crippen LogP contribution in [0.15, 0.2) is 34.6 Å². The van der Waals surface area contributed by atoms with Gasteiger partial charge in [0.25, 0.3) is 0 Å². The summed E-state index contributed by atoms with van der Waals surface area (Å²) in [6.07, 6.45) is -4.31. The van der Waals surface area contributed by atoms with Gasteiger partial charge in [-0.2, -0.15) is 13.2 Å². The fourth-order valence-electron chi connectivity index (χ4n) is 2.20. The fraction of sp³-hybridized carbons (Fsp3) is 0.444. The number of nitrogens with zero attached hydrogens (tertiary/aromatic N) is 3. The molecule has 2 aromatic rings. The number of aromatic nitrogens is 1. The molecule has 0 bridgehead atoms. The van der Waals surface area contributed by atoms with E-state index >= 15 is 0 Å². The molecule has 6 nitrogen and oxygen atoms in total. The van der Waals surface area contributed by atoms with E-state index in [1.54, 1.807) is 30.5 Å². The Kier molecular flexibility index (Phi) is 10.7. The maximum Gasteiger partial charge on any atom is 0.411 e. The smallest absolute Gasteiger partial charge is 0.367 e.